The number of anilines is 1. The molecule has 10 heteroatoms. The summed E-state index contributed by atoms with van der Waals surface area (Å²) >= 11 is 0.798. The molecule has 29 heavy (non-hydrogen) atoms. The molecule has 0 radical (unpaired) electrons. The van der Waals surface area contributed by atoms with Crippen molar-refractivity contribution in [2.75, 3.05) is 12.1 Å². The fourth-order valence-electron chi connectivity index (χ4n) is 4.00. The Kier molecular flexibility index (Phi) is 4.86. The number of carbonyl (C=O) groups is 1. The molecule has 1 aliphatic heterocycles. The minimum atomic E-state index is -4.97. The maximum Gasteiger partial charge on any atom is 0.439 e. The number of aromatic nitrogens is 1. The molecule has 1 fully saturated rings. The van der Waals surface area contributed by atoms with Crippen LogP contribution >= 0.6 is 11.3 Å². The van der Waals surface area contributed by atoms with E-state index in [1.54, 1.807) is 0 Å². The quantitative estimate of drug-likeness (QED) is 0.754. The highest BCUT2D eigenvalue weighted by atomic mass is 32.1. The van der Waals surface area contributed by atoms with Gasteiger partial charge >= 0.3 is 12.1 Å². The third-order valence-corrected chi connectivity index (χ3v) is 6.28. The van der Waals surface area contributed by atoms with Crippen LogP contribution in [0.1, 0.15) is 41.2 Å². The number of carbonyl (C=O) groups excluding carboxylic acids is 1. The number of hydrogen-bond donors (Lipinski definition) is 1. The lowest BCUT2D eigenvalue weighted by molar-refractivity contribution is -0.269. The smallest absolute Gasteiger partial charge is 0.439 e. The maximum atomic E-state index is 14.1. The predicted molar refractivity (Wildman–Crippen MR) is 101 cm³/mol. The molecule has 4 rings (SSSR count). The van der Waals surface area contributed by atoms with Crippen LogP contribution in [0.5, 0.6) is 0 Å². The second-order valence-electron chi connectivity index (χ2n) is 7.07. The maximum absolute atomic E-state index is 14.1. The number of alkyl halides is 3. The molecule has 6 nitrogen and oxygen atoms in total. The number of esters is 1. The summed E-state index contributed by atoms with van der Waals surface area (Å²) in [6.45, 7) is 0. The van der Waals surface area contributed by atoms with Crippen LogP contribution in [0.25, 0.3) is 0 Å². The Morgan fingerprint density at radius 1 is 1.34 bits per heavy atom. The zero-order chi connectivity index (χ0) is 20.8. The van der Waals surface area contributed by atoms with Crippen molar-refractivity contribution < 1.29 is 27.8 Å². The van der Waals surface area contributed by atoms with E-state index in [1.807, 2.05) is 30.3 Å². The molecule has 2 heterocycles. The SMILES string of the molecule is COC(=O)c1csc(N2N=C3CC[C@H](c4ccccc4)C[C@H]3[C@]2(O)C(F)(F)F)n1. The second-order valence-corrected chi connectivity index (χ2v) is 7.91. The van der Waals surface area contributed by atoms with Gasteiger partial charge in [0, 0.05) is 11.1 Å². The first kappa shape index (κ1) is 19.8. The molecule has 0 saturated heterocycles. The van der Waals surface area contributed by atoms with Gasteiger partial charge < -0.3 is 9.84 Å². The lowest BCUT2D eigenvalue weighted by atomic mass is 9.73. The highest BCUT2D eigenvalue weighted by Crippen LogP contribution is 2.52. The van der Waals surface area contributed by atoms with E-state index in [1.165, 1.54) is 5.38 Å². The Labute approximate surface area is 168 Å². The van der Waals surface area contributed by atoms with Crippen LogP contribution in [-0.2, 0) is 4.74 Å². The number of methoxy groups -OCH3 is 1. The van der Waals surface area contributed by atoms with E-state index in [2.05, 4.69) is 14.8 Å². The Hall–Kier alpha value is -2.46. The van der Waals surface area contributed by atoms with Gasteiger partial charge in [0.1, 0.15) is 0 Å². The average molecular weight is 425 g/mol. The van der Waals surface area contributed by atoms with Crippen LogP contribution in [0.4, 0.5) is 18.3 Å². The normalized spacial score (nSPS) is 26.8. The van der Waals surface area contributed by atoms with Gasteiger partial charge in [0.25, 0.3) is 5.72 Å². The molecule has 0 spiro atoms. The number of fused-ring (bicyclic) bond motifs is 1. The van der Waals surface area contributed by atoms with E-state index in [0.29, 0.717) is 23.6 Å². The lowest BCUT2D eigenvalue weighted by Gasteiger charge is -2.39. The number of ether oxygens (including phenoxy) is 1. The summed E-state index contributed by atoms with van der Waals surface area (Å²) in [7, 11) is 1.15. The Morgan fingerprint density at radius 3 is 2.72 bits per heavy atom. The summed E-state index contributed by atoms with van der Waals surface area (Å²) in [5, 5.41) is 16.6. The van der Waals surface area contributed by atoms with Crippen LogP contribution in [-0.4, -0.2) is 40.8 Å². The minimum absolute atomic E-state index is 0.115. The van der Waals surface area contributed by atoms with E-state index < -0.39 is 23.8 Å². The van der Waals surface area contributed by atoms with Crippen molar-refractivity contribution in [2.24, 2.45) is 11.0 Å². The number of halogens is 3. The molecular formula is C19H18F3N3O3S. The molecule has 2 aromatic rings. The summed E-state index contributed by atoms with van der Waals surface area (Å²) in [6.07, 6.45) is -3.87. The van der Waals surface area contributed by atoms with E-state index in [4.69, 9.17) is 0 Å². The molecule has 0 unspecified atom stereocenters. The third-order valence-electron chi connectivity index (χ3n) is 5.46. The average Bonchev–Trinajstić information content (AvgIpc) is 3.31. The number of hydrazone groups is 1. The van der Waals surface area contributed by atoms with Crippen molar-refractivity contribution >= 4 is 28.1 Å². The summed E-state index contributed by atoms with van der Waals surface area (Å²) in [6, 6.07) is 9.31. The summed E-state index contributed by atoms with van der Waals surface area (Å²) in [5.41, 5.74) is -2.11. The molecule has 1 saturated carbocycles. The fourth-order valence-corrected chi connectivity index (χ4v) is 4.79. The summed E-state index contributed by atoms with van der Waals surface area (Å²) in [4.78, 5) is 15.5. The van der Waals surface area contributed by atoms with Gasteiger partial charge in [0.05, 0.1) is 13.0 Å². The van der Waals surface area contributed by atoms with Gasteiger partial charge in [-0.05, 0) is 30.7 Å². The van der Waals surface area contributed by atoms with Gasteiger partial charge in [-0.3, -0.25) is 0 Å². The van der Waals surface area contributed by atoms with Crippen molar-refractivity contribution in [3.8, 4) is 0 Å². The Balaban J connectivity index is 1.70. The molecule has 1 aromatic heterocycles. The largest absolute Gasteiger partial charge is 0.464 e. The number of nitrogens with zero attached hydrogens (tertiary/aromatic N) is 3. The third kappa shape index (κ3) is 3.20. The highest BCUT2D eigenvalue weighted by molar-refractivity contribution is 7.14. The van der Waals surface area contributed by atoms with Gasteiger partial charge in [-0.15, -0.1) is 11.3 Å². The zero-order valence-electron chi connectivity index (χ0n) is 15.4. The number of benzene rings is 1. The van der Waals surface area contributed by atoms with Gasteiger partial charge in [-0.1, -0.05) is 30.3 Å². The number of thiazole rings is 1. The van der Waals surface area contributed by atoms with Crippen LogP contribution in [0.3, 0.4) is 0 Å². The second kappa shape index (κ2) is 7.10. The van der Waals surface area contributed by atoms with Gasteiger partial charge in [0.15, 0.2) is 5.69 Å². The number of hydrogen-bond acceptors (Lipinski definition) is 7. The van der Waals surface area contributed by atoms with E-state index >= 15 is 0 Å². The molecule has 0 bridgehead atoms. The molecule has 1 aromatic carbocycles. The van der Waals surface area contributed by atoms with E-state index in [9.17, 15) is 23.1 Å². The molecule has 2 aliphatic rings. The summed E-state index contributed by atoms with van der Waals surface area (Å²) in [5.74, 6) is -2.10. The van der Waals surface area contributed by atoms with Crippen molar-refractivity contribution in [3.63, 3.8) is 0 Å². The summed E-state index contributed by atoms with van der Waals surface area (Å²) < 4.78 is 47.0. The van der Waals surface area contributed by atoms with Crippen LogP contribution in [0.2, 0.25) is 0 Å². The number of rotatable bonds is 3. The van der Waals surface area contributed by atoms with E-state index in [0.717, 1.165) is 24.0 Å². The van der Waals surface area contributed by atoms with E-state index in [-0.39, 0.29) is 23.2 Å². The van der Waals surface area contributed by atoms with Crippen LogP contribution in [0.15, 0.2) is 40.8 Å². The zero-order valence-corrected chi connectivity index (χ0v) is 16.2. The Bertz CT molecular complexity index is 947. The van der Waals surface area contributed by atoms with Gasteiger partial charge in [-0.25, -0.2) is 9.78 Å². The molecule has 3 atom stereocenters. The van der Waals surface area contributed by atoms with Gasteiger partial charge in [0.2, 0.25) is 5.13 Å². The van der Waals surface area contributed by atoms with Crippen molar-refractivity contribution in [2.45, 2.75) is 37.1 Å². The highest BCUT2D eigenvalue weighted by Gasteiger charge is 2.68. The lowest BCUT2D eigenvalue weighted by Crippen LogP contribution is -2.60. The molecule has 1 N–H and O–H groups in total. The molecule has 0 amide bonds. The first-order valence-electron chi connectivity index (χ1n) is 9.01. The predicted octanol–water partition coefficient (Wildman–Crippen LogP) is 3.94. The standard InChI is InChI=1S/C19H18F3N3O3S/c1-28-16(26)15-10-29-17(23-15)25-18(27,19(20,21)22)13-9-12(7-8-14(13)24-25)11-5-3-2-4-6-11/h2-6,10,12-13,27H,7-9H2,1H3/t12-,13+,18-/m0/s1. The minimum Gasteiger partial charge on any atom is -0.464 e. The van der Waals surface area contributed by atoms with Crippen LogP contribution < -0.4 is 5.01 Å². The fraction of sp³-hybridized carbons (Fsp3) is 0.421. The number of aliphatic hydroxyl groups is 1. The topological polar surface area (TPSA) is 75.0 Å². The van der Waals surface area contributed by atoms with Gasteiger partial charge in [-0.2, -0.15) is 23.3 Å². The van der Waals surface area contributed by atoms with Crippen LogP contribution in [0, 0.1) is 5.92 Å². The molecule has 154 valence electrons. The van der Waals surface area contributed by atoms with Crippen molar-refractivity contribution in [1.82, 2.24) is 4.98 Å². The first-order chi connectivity index (χ1) is 13.8. The Morgan fingerprint density at radius 2 is 2.07 bits per heavy atom. The first-order valence-corrected chi connectivity index (χ1v) is 9.89. The van der Waals surface area contributed by atoms with Crippen molar-refractivity contribution in [3.05, 3.63) is 47.0 Å². The monoisotopic (exact) mass is 425 g/mol. The van der Waals surface area contributed by atoms with Crippen molar-refractivity contribution in [1.29, 1.82) is 0 Å². The molecular weight excluding hydrogens is 407 g/mol. The molecule has 1 aliphatic carbocycles.